The van der Waals surface area contributed by atoms with Gasteiger partial charge in [0.25, 0.3) is 0 Å². The maximum absolute atomic E-state index is 13.1. The first kappa shape index (κ1) is 29.1. The monoisotopic (exact) mass is 568 g/mol. The normalized spacial score (nSPS) is 16.5. The zero-order chi connectivity index (χ0) is 29.3. The van der Waals surface area contributed by atoms with Crippen molar-refractivity contribution >= 4 is 23.9 Å². The standard InChI is InChI=1S/C33H40N6O3/c1-3-4-7-24(30-9-6-5-8-26(30)21-34-23-40)18-27-20-32(36-22-35-27)38-15-13-28(14-16-38)39-17-12-25-19-29(42-2)10-11-31(25)37-33(39)41/h3-6,8-11,19-20,22-24,28H,7,12-18,21H2,1-2H3,(H,34,40)(H,37,41). The van der Waals surface area contributed by atoms with E-state index < -0.39 is 0 Å². The van der Waals surface area contributed by atoms with Crippen molar-refractivity contribution in [2.75, 3.05) is 37.0 Å². The maximum Gasteiger partial charge on any atom is 0.322 e. The number of aromatic nitrogens is 2. The second kappa shape index (κ2) is 14.0. The number of methoxy groups -OCH3 is 1. The van der Waals surface area contributed by atoms with Crippen LogP contribution in [0.2, 0.25) is 0 Å². The van der Waals surface area contributed by atoms with Crippen molar-refractivity contribution in [1.29, 1.82) is 0 Å². The van der Waals surface area contributed by atoms with Gasteiger partial charge in [-0.25, -0.2) is 14.8 Å². The molecule has 1 saturated heterocycles. The average Bonchev–Trinajstić information content (AvgIpc) is 3.20. The van der Waals surface area contributed by atoms with Crippen LogP contribution >= 0.6 is 0 Å². The number of nitrogens with one attached hydrogen (secondary N) is 2. The van der Waals surface area contributed by atoms with Gasteiger partial charge in [0.15, 0.2) is 0 Å². The smallest absolute Gasteiger partial charge is 0.322 e. The van der Waals surface area contributed by atoms with Crippen LogP contribution in [0, 0.1) is 0 Å². The number of piperidine rings is 1. The van der Waals surface area contributed by atoms with Gasteiger partial charge in [-0.3, -0.25) is 4.79 Å². The summed E-state index contributed by atoms with van der Waals surface area (Å²) in [6.45, 7) is 4.88. The van der Waals surface area contributed by atoms with Gasteiger partial charge >= 0.3 is 6.03 Å². The molecule has 2 aromatic carbocycles. The molecule has 0 saturated carbocycles. The lowest BCUT2D eigenvalue weighted by atomic mass is 9.87. The molecule has 1 fully saturated rings. The minimum absolute atomic E-state index is 0.0301. The molecule has 220 valence electrons. The third-order valence-corrected chi connectivity index (χ3v) is 8.36. The fraction of sp³-hybridized carbons (Fsp3) is 0.394. The van der Waals surface area contributed by atoms with E-state index in [-0.39, 0.29) is 18.0 Å². The maximum atomic E-state index is 13.1. The van der Waals surface area contributed by atoms with Crippen LogP contribution in [-0.2, 0) is 24.2 Å². The highest BCUT2D eigenvalue weighted by molar-refractivity contribution is 5.91. The van der Waals surface area contributed by atoms with E-state index in [9.17, 15) is 9.59 Å². The summed E-state index contributed by atoms with van der Waals surface area (Å²) < 4.78 is 5.37. The molecule has 0 bridgehead atoms. The molecule has 42 heavy (non-hydrogen) atoms. The van der Waals surface area contributed by atoms with Gasteiger partial charge in [-0.2, -0.15) is 0 Å². The number of hydrogen-bond acceptors (Lipinski definition) is 6. The summed E-state index contributed by atoms with van der Waals surface area (Å²) in [6, 6.07) is 16.4. The number of fused-ring (bicyclic) bond motifs is 1. The molecular weight excluding hydrogens is 528 g/mol. The first-order valence-corrected chi connectivity index (χ1v) is 14.8. The topological polar surface area (TPSA) is 99.7 Å². The molecule has 0 aliphatic carbocycles. The largest absolute Gasteiger partial charge is 0.497 e. The molecule has 1 atom stereocenters. The zero-order valence-electron chi connectivity index (χ0n) is 24.5. The first-order chi connectivity index (χ1) is 20.6. The van der Waals surface area contributed by atoms with Crippen LogP contribution in [0.4, 0.5) is 16.3 Å². The van der Waals surface area contributed by atoms with Crippen molar-refractivity contribution in [1.82, 2.24) is 20.2 Å². The Kier molecular flexibility index (Phi) is 9.69. The summed E-state index contributed by atoms with van der Waals surface area (Å²) in [7, 11) is 1.66. The van der Waals surface area contributed by atoms with Gasteiger partial charge < -0.3 is 25.2 Å². The number of carbonyl (C=O) groups excluding carboxylic acids is 2. The van der Waals surface area contributed by atoms with E-state index in [0.717, 1.165) is 85.7 Å². The lowest BCUT2D eigenvalue weighted by molar-refractivity contribution is -0.109. The molecule has 9 nitrogen and oxygen atoms in total. The van der Waals surface area contributed by atoms with E-state index in [4.69, 9.17) is 4.74 Å². The second-order valence-electron chi connectivity index (χ2n) is 10.9. The van der Waals surface area contributed by atoms with Crippen LogP contribution in [0.1, 0.15) is 54.5 Å². The van der Waals surface area contributed by atoms with Crippen molar-refractivity contribution in [3.8, 4) is 5.75 Å². The van der Waals surface area contributed by atoms with Gasteiger partial charge in [-0.1, -0.05) is 36.4 Å². The van der Waals surface area contributed by atoms with Crippen molar-refractivity contribution in [3.63, 3.8) is 0 Å². The van der Waals surface area contributed by atoms with Crippen LogP contribution in [0.15, 0.2) is 67.0 Å². The molecule has 2 aliphatic rings. The quantitative estimate of drug-likeness (QED) is 0.247. The van der Waals surface area contributed by atoms with E-state index in [1.54, 1.807) is 13.4 Å². The number of amides is 3. The Balaban J connectivity index is 1.24. The van der Waals surface area contributed by atoms with Crippen LogP contribution < -0.4 is 20.3 Å². The SMILES string of the molecule is CC=CCC(Cc1cc(N2CCC(N3CCc4cc(OC)ccc4NC3=O)CC2)ncn1)c1ccccc1CNC=O. The highest BCUT2D eigenvalue weighted by atomic mass is 16.5. The summed E-state index contributed by atoms with van der Waals surface area (Å²) in [4.78, 5) is 37.6. The number of benzene rings is 2. The summed E-state index contributed by atoms with van der Waals surface area (Å²) in [5.74, 6) is 1.96. The van der Waals surface area contributed by atoms with Crippen LogP contribution in [0.25, 0.3) is 0 Å². The Morgan fingerprint density at radius 1 is 1.12 bits per heavy atom. The van der Waals surface area contributed by atoms with Gasteiger partial charge in [-0.15, -0.1) is 0 Å². The highest BCUT2D eigenvalue weighted by Crippen LogP contribution is 2.30. The van der Waals surface area contributed by atoms with Crippen LogP contribution in [0.5, 0.6) is 5.75 Å². The van der Waals surface area contributed by atoms with Gasteiger partial charge in [0, 0.05) is 49.7 Å². The average molecular weight is 569 g/mol. The number of ether oxygens (including phenoxy) is 1. The third kappa shape index (κ3) is 6.90. The number of hydrogen-bond donors (Lipinski definition) is 2. The zero-order valence-corrected chi connectivity index (χ0v) is 24.5. The minimum Gasteiger partial charge on any atom is -0.497 e. The predicted molar refractivity (Wildman–Crippen MR) is 165 cm³/mol. The Labute approximate surface area is 248 Å². The highest BCUT2D eigenvalue weighted by Gasteiger charge is 2.30. The lowest BCUT2D eigenvalue weighted by Gasteiger charge is -2.38. The number of allylic oxidation sites excluding steroid dienone is 2. The number of carbonyl (C=O) groups is 2. The predicted octanol–water partition coefficient (Wildman–Crippen LogP) is 5.08. The summed E-state index contributed by atoms with van der Waals surface area (Å²) in [5.41, 5.74) is 5.31. The van der Waals surface area contributed by atoms with Gasteiger partial charge in [0.05, 0.1) is 7.11 Å². The number of rotatable bonds is 11. The molecule has 2 N–H and O–H groups in total. The molecule has 3 aromatic rings. The summed E-state index contributed by atoms with van der Waals surface area (Å²) >= 11 is 0. The van der Waals surface area contributed by atoms with Crippen molar-refractivity contribution in [3.05, 3.63) is 89.4 Å². The molecule has 1 unspecified atom stereocenters. The number of nitrogens with zero attached hydrogens (tertiary/aromatic N) is 4. The third-order valence-electron chi connectivity index (χ3n) is 8.36. The molecule has 3 amide bonds. The number of urea groups is 1. The Bertz CT molecular complexity index is 1400. The van der Waals surface area contributed by atoms with E-state index >= 15 is 0 Å². The molecule has 0 radical (unpaired) electrons. The van der Waals surface area contributed by atoms with Crippen molar-refractivity contribution < 1.29 is 14.3 Å². The van der Waals surface area contributed by atoms with E-state index in [1.807, 2.05) is 36.1 Å². The number of anilines is 2. The van der Waals surface area contributed by atoms with Gasteiger partial charge in [-0.05, 0) is 79.8 Å². The molecular formula is C33H40N6O3. The van der Waals surface area contributed by atoms with E-state index in [0.29, 0.717) is 13.1 Å². The van der Waals surface area contributed by atoms with E-state index in [2.05, 4.69) is 61.9 Å². The van der Waals surface area contributed by atoms with E-state index in [1.165, 1.54) is 5.56 Å². The Morgan fingerprint density at radius 3 is 2.74 bits per heavy atom. The minimum atomic E-state index is -0.0301. The van der Waals surface area contributed by atoms with Gasteiger partial charge in [0.2, 0.25) is 6.41 Å². The molecule has 2 aliphatic heterocycles. The fourth-order valence-electron chi connectivity index (χ4n) is 6.10. The van der Waals surface area contributed by atoms with Crippen molar-refractivity contribution in [2.24, 2.45) is 0 Å². The van der Waals surface area contributed by atoms with Crippen LogP contribution in [-0.4, -0.2) is 60.1 Å². The molecule has 1 aromatic heterocycles. The Hall–Kier alpha value is -4.40. The summed E-state index contributed by atoms with van der Waals surface area (Å²) in [6.07, 6.45) is 10.9. The lowest BCUT2D eigenvalue weighted by Crippen LogP contribution is -2.49. The molecule has 0 spiro atoms. The van der Waals surface area contributed by atoms with Crippen LogP contribution in [0.3, 0.4) is 0 Å². The molecule has 5 rings (SSSR count). The second-order valence-corrected chi connectivity index (χ2v) is 10.9. The molecule has 9 heteroatoms. The van der Waals surface area contributed by atoms with Gasteiger partial charge in [0.1, 0.15) is 17.9 Å². The first-order valence-electron chi connectivity index (χ1n) is 14.8. The fourth-order valence-corrected chi connectivity index (χ4v) is 6.10. The molecule has 3 heterocycles. The Morgan fingerprint density at radius 2 is 1.95 bits per heavy atom. The van der Waals surface area contributed by atoms with Crippen molar-refractivity contribution in [2.45, 2.75) is 57.5 Å². The summed E-state index contributed by atoms with van der Waals surface area (Å²) in [5, 5.41) is 5.91.